The number of hydrogen-bond donors (Lipinski definition) is 0. The first-order valence-electron chi connectivity index (χ1n) is 6.53. The van der Waals surface area contributed by atoms with E-state index < -0.39 is 23.1 Å². The largest absolute Gasteiger partial charge is 0.429 e. The second-order valence-electron chi connectivity index (χ2n) is 4.61. The molecule has 0 saturated heterocycles. The maximum Gasteiger partial charge on any atom is 0.286 e. The fourth-order valence-electron chi connectivity index (χ4n) is 1.91. The molecule has 0 unspecified atom stereocenters. The van der Waals surface area contributed by atoms with E-state index >= 15 is 0 Å². The summed E-state index contributed by atoms with van der Waals surface area (Å²) in [5.41, 5.74) is -0.0937. The molecule has 122 valence electrons. The predicted molar refractivity (Wildman–Crippen MR) is 88.3 cm³/mol. The molecule has 8 heteroatoms. The van der Waals surface area contributed by atoms with Gasteiger partial charge in [-0.2, -0.15) is 4.99 Å². The summed E-state index contributed by atoms with van der Waals surface area (Å²) in [6.45, 7) is 0. The van der Waals surface area contributed by atoms with Crippen LogP contribution in [0.2, 0.25) is 10.0 Å². The molecule has 0 radical (unpaired) electrons. The number of carbonyl (C=O) groups is 1. The second-order valence-corrected chi connectivity index (χ2v) is 6.25. The first-order chi connectivity index (χ1) is 11.5. The lowest BCUT2D eigenvalue weighted by Gasteiger charge is -1.99. The van der Waals surface area contributed by atoms with Crippen LogP contribution in [0.3, 0.4) is 0 Å². The predicted octanol–water partition coefficient (Wildman–Crippen LogP) is 5.33. The molecule has 0 aliphatic heterocycles. The van der Waals surface area contributed by atoms with E-state index in [9.17, 15) is 13.6 Å². The minimum Gasteiger partial charge on any atom is -0.429 e. The van der Waals surface area contributed by atoms with E-state index in [1.807, 2.05) is 0 Å². The van der Waals surface area contributed by atoms with Crippen molar-refractivity contribution in [2.24, 2.45) is 4.99 Å². The quantitative estimate of drug-likeness (QED) is 0.597. The van der Waals surface area contributed by atoms with Crippen LogP contribution in [0.15, 0.2) is 51.2 Å². The van der Waals surface area contributed by atoms with Crippen LogP contribution in [0.1, 0.15) is 10.4 Å². The molecule has 0 aliphatic carbocycles. The summed E-state index contributed by atoms with van der Waals surface area (Å²) in [5, 5.41) is 2.34. The lowest BCUT2D eigenvalue weighted by molar-refractivity contribution is 0.0987. The summed E-state index contributed by atoms with van der Waals surface area (Å²) in [6, 6.07) is 8.01. The Labute approximate surface area is 148 Å². The first-order valence-corrected chi connectivity index (χ1v) is 8.16. The number of rotatable bonds is 2. The minimum atomic E-state index is -1.06. The Balaban J connectivity index is 1.96. The van der Waals surface area contributed by atoms with Gasteiger partial charge in [0.1, 0.15) is 23.0 Å². The van der Waals surface area contributed by atoms with Crippen molar-refractivity contribution in [3.05, 3.63) is 73.9 Å². The summed E-state index contributed by atoms with van der Waals surface area (Å²) < 4.78 is 32.6. The first kappa shape index (κ1) is 16.8. The normalized spacial score (nSPS) is 11.8. The highest BCUT2D eigenvalue weighted by Gasteiger charge is 2.16. The summed E-state index contributed by atoms with van der Waals surface area (Å²) in [5.74, 6) is -2.62. The van der Waals surface area contributed by atoms with Gasteiger partial charge >= 0.3 is 0 Å². The van der Waals surface area contributed by atoms with Crippen LogP contribution in [0.5, 0.6) is 0 Å². The Kier molecular flexibility index (Phi) is 4.80. The Morgan fingerprint density at radius 3 is 2.46 bits per heavy atom. The molecular formula is C16H7Cl2F2NO2S. The molecule has 3 rings (SSSR count). The van der Waals surface area contributed by atoms with Crippen molar-refractivity contribution in [2.45, 2.75) is 0 Å². The number of amides is 1. The third-order valence-electron chi connectivity index (χ3n) is 3.04. The molecular weight excluding hydrogens is 379 g/mol. The molecule has 24 heavy (non-hydrogen) atoms. The standard InChI is InChI=1S/C16H7Cl2F2NO2S/c17-9-5-4-8(6-10(9)18)13-7-24-16(23-13)21-15(22)14-11(19)2-1-3-12(14)20/h1-7H. The average molecular weight is 386 g/mol. The molecule has 3 nitrogen and oxygen atoms in total. The van der Waals surface area contributed by atoms with Crippen molar-refractivity contribution >= 4 is 40.4 Å². The van der Waals surface area contributed by atoms with Crippen molar-refractivity contribution in [1.82, 2.24) is 0 Å². The maximum atomic E-state index is 13.6. The van der Waals surface area contributed by atoms with Gasteiger partial charge in [0.25, 0.3) is 10.8 Å². The van der Waals surface area contributed by atoms with Crippen LogP contribution in [0.25, 0.3) is 11.3 Å². The maximum absolute atomic E-state index is 13.6. The lowest BCUT2D eigenvalue weighted by atomic mass is 10.2. The van der Waals surface area contributed by atoms with Crippen LogP contribution in [0, 0.1) is 11.6 Å². The molecule has 0 N–H and O–H groups in total. The topological polar surface area (TPSA) is 42.6 Å². The van der Waals surface area contributed by atoms with Crippen LogP contribution < -0.4 is 4.87 Å². The number of hydrogen-bond acceptors (Lipinski definition) is 3. The zero-order valence-corrected chi connectivity index (χ0v) is 14.1. The highest BCUT2D eigenvalue weighted by Crippen LogP contribution is 2.28. The molecule has 2 aromatic carbocycles. The van der Waals surface area contributed by atoms with E-state index in [-0.39, 0.29) is 4.87 Å². The van der Waals surface area contributed by atoms with Crippen LogP contribution in [-0.4, -0.2) is 5.91 Å². The molecule has 0 aliphatic rings. The SMILES string of the molecule is O=C(N=c1oc(-c2ccc(Cl)c(Cl)c2)cs1)c1c(F)cccc1F. The minimum absolute atomic E-state index is 0.0382. The van der Waals surface area contributed by atoms with Gasteiger partial charge in [-0.3, -0.25) is 4.79 Å². The lowest BCUT2D eigenvalue weighted by Crippen LogP contribution is -2.07. The Morgan fingerprint density at radius 2 is 1.79 bits per heavy atom. The van der Waals surface area contributed by atoms with Gasteiger partial charge in [0.05, 0.1) is 10.0 Å². The second kappa shape index (κ2) is 6.84. The van der Waals surface area contributed by atoms with Gasteiger partial charge in [0.2, 0.25) is 0 Å². The van der Waals surface area contributed by atoms with Crippen molar-refractivity contribution in [3.8, 4) is 11.3 Å². The summed E-state index contributed by atoms with van der Waals surface area (Å²) in [6.07, 6.45) is 0. The zero-order chi connectivity index (χ0) is 17.3. The molecule has 1 heterocycles. The number of carbonyl (C=O) groups excluding carboxylic acids is 1. The van der Waals surface area contributed by atoms with E-state index in [1.165, 1.54) is 6.07 Å². The monoisotopic (exact) mass is 385 g/mol. The van der Waals surface area contributed by atoms with E-state index in [2.05, 4.69) is 4.99 Å². The molecule has 1 aromatic heterocycles. The smallest absolute Gasteiger partial charge is 0.286 e. The van der Waals surface area contributed by atoms with Gasteiger partial charge in [-0.1, -0.05) is 40.6 Å². The molecule has 1 amide bonds. The number of nitrogens with zero attached hydrogens (tertiary/aromatic N) is 1. The molecule has 0 bridgehead atoms. The van der Waals surface area contributed by atoms with E-state index in [0.717, 1.165) is 23.5 Å². The van der Waals surface area contributed by atoms with Crippen LogP contribution in [-0.2, 0) is 0 Å². The highest BCUT2D eigenvalue weighted by atomic mass is 35.5. The summed E-state index contributed by atoms with van der Waals surface area (Å²) in [4.78, 5) is 15.5. The van der Waals surface area contributed by atoms with Gasteiger partial charge in [-0.05, 0) is 30.3 Å². The van der Waals surface area contributed by atoms with Crippen molar-refractivity contribution in [1.29, 1.82) is 0 Å². The molecule has 0 fully saturated rings. The molecule has 3 aromatic rings. The van der Waals surface area contributed by atoms with Crippen LogP contribution in [0.4, 0.5) is 8.78 Å². The van der Waals surface area contributed by atoms with Gasteiger partial charge in [0, 0.05) is 10.9 Å². The summed E-state index contributed by atoms with van der Waals surface area (Å²) in [7, 11) is 0. The Hall–Kier alpha value is -2.02. The summed E-state index contributed by atoms with van der Waals surface area (Å²) >= 11 is 12.8. The van der Waals surface area contributed by atoms with Gasteiger partial charge in [0.15, 0.2) is 0 Å². The van der Waals surface area contributed by atoms with Gasteiger partial charge in [-0.25, -0.2) is 8.78 Å². The third kappa shape index (κ3) is 3.40. The van der Waals surface area contributed by atoms with Crippen molar-refractivity contribution in [2.75, 3.05) is 0 Å². The van der Waals surface area contributed by atoms with E-state index in [0.29, 0.717) is 21.4 Å². The number of benzene rings is 2. The molecule has 0 atom stereocenters. The fraction of sp³-hybridized carbons (Fsp3) is 0. The van der Waals surface area contributed by atoms with Crippen molar-refractivity contribution in [3.63, 3.8) is 0 Å². The molecule has 0 spiro atoms. The number of halogens is 4. The zero-order valence-electron chi connectivity index (χ0n) is 11.7. The Bertz CT molecular complexity index is 977. The van der Waals surface area contributed by atoms with Gasteiger partial charge in [-0.15, -0.1) is 0 Å². The highest BCUT2D eigenvalue weighted by molar-refractivity contribution is 7.07. The van der Waals surface area contributed by atoms with E-state index in [1.54, 1.807) is 23.6 Å². The molecule has 0 saturated carbocycles. The Morgan fingerprint density at radius 1 is 1.08 bits per heavy atom. The fourth-order valence-corrected chi connectivity index (χ4v) is 2.88. The third-order valence-corrected chi connectivity index (χ3v) is 4.48. The average Bonchev–Trinajstić information content (AvgIpc) is 2.98. The van der Waals surface area contributed by atoms with Crippen molar-refractivity contribution < 1.29 is 18.0 Å². The van der Waals surface area contributed by atoms with Crippen LogP contribution >= 0.6 is 34.5 Å². The van der Waals surface area contributed by atoms with Gasteiger partial charge < -0.3 is 4.42 Å². The van der Waals surface area contributed by atoms with E-state index in [4.69, 9.17) is 27.6 Å².